The molecule has 0 amide bonds. The van der Waals surface area contributed by atoms with E-state index in [1.807, 2.05) is 24.5 Å². The van der Waals surface area contributed by atoms with Crippen LogP contribution in [0.2, 0.25) is 0 Å². The molecule has 2 N–H and O–H groups in total. The molecule has 2 rings (SSSR count). The van der Waals surface area contributed by atoms with Crippen LogP contribution in [0, 0.1) is 0 Å². The fraction of sp³-hybridized carbons (Fsp3) is 0.333. The first-order valence-corrected chi connectivity index (χ1v) is 6.64. The van der Waals surface area contributed by atoms with E-state index in [0.29, 0.717) is 0 Å². The van der Waals surface area contributed by atoms with Gasteiger partial charge in [0.15, 0.2) is 0 Å². The van der Waals surface area contributed by atoms with E-state index in [1.54, 1.807) is 12.4 Å². The third-order valence-electron chi connectivity index (χ3n) is 2.81. The topological polar surface area (TPSA) is 49.8 Å². The van der Waals surface area contributed by atoms with Gasteiger partial charge in [0.2, 0.25) is 0 Å². The number of hydrogen-bond acceptors (Lipinski definition) is 4. The fourth-order valence-electron chi connectivity index (χ4n) is 1.81. The van der Waals surface area contributed by atoms with Gasteiger partial charge in [0.05, 0.1) is 0 Å². The Kier molecular flexibility index (Phi) is 5.99. The predicted molar refractivity (Wildman–Crippen MR) is 76.5 cm³/mol. The van der Waals surface area contributed by atoms with Crippen molar-refractivity contribution in [3.8, 4) is 0 Å². The number of aromatic nitrogens is 2. The van der Waals surface area contributed by atoms with E-state index < -0.39 is 0 Å². The highest BCUT2D eigenvalue weighted by molar-refractivity contribution is 5.08. The lowest BCUT2D eigenvalue weighted by molar-refractivity contribution is 0.594. The van der Waals surface area contributed by atoms with Crippen molar-refractivity contribution in [1.82, 2.24) is 20.6 Å². The minimum Gasteiger partial charge on any atom is -0.313 e. The van der Waals surface area contributed by atoms with Gasteiger partial charge in [0, 0.05) is 37.9 Å². The standard InChI is InChI=1S/C15H20N4/c1-4-14(10-16-6-1)12-18-8-3-9-19-13-15-5-2-7-17-11-15/h1-2,4-7,10-11,18-19H,3,8-9,12-13H2. The maximum atomic E-state index is 4.09. The fourth-order valence-corrected chi connectivity index (χ4v) is 1.81. The molecule has 0 aliphatic rings. The SMILES string of the molecule is c1cncc(CNCCCNCc2cccnc2)c1. The monoisotopic (exact) mass is 256 g/mol. The van der Waals surface area contributed by atoms with Crippen molar-refractivity contribution in [3.05, 3.63) is 60.2 Å². The summed E-state index contributed by atoms with van der Waals surface area (Å²) in [6.07, 6.45) is 8.50. The van der Waals surface area contributed by atoms with E-state index in [4.69, 9.17) is 0 Å². The van der Waals surface area contributed by atoms with Crippen molar-refractivity contribution < 1.29 is 0 Å². The first-order chi connectivity index (χ1) is 9.45. The van der Waals surface area contributed by atoms with Crippen LogP contribution in [0.5, 0.6) is 0 Å². The summed E-state index contributed by atoms with van der Waals surface area (Å²) in [5.74, 6) is 0. The molecule has 0 saturated carbocycles. The van der Waals surface area contributed by atoms with Crippen LogP contribution in [0.1, 0.15) is 17.5 Å². The highest BCUT2D eigenvalue weighted by Gasteiger charge is 1.93. The van der Waals surface area contributed by atoms with Crippen LogP contribution in [-0.2, 0) is 13.1 Å². The molecule has 2 heterocycles. The van der Waals surface area contributed by atoms with Crippen LogP contribution >= 0.6 is 0 Å². The second-order valence-electron chi connectivity index (χ2n) is 4.43. The molecular weight excluding hydrogens is 236 g/mol. The zero-order valence-electron chi connectivity index (χ0n) is 11.0. The largest absolute Gasteiger partial charge is 0.313 e. The Bertz CT molecular complexity index is 401. The van der Waals surface area contributed by atoms with Gasteiger partial charge in [-0.25, -0.2) is 0 Å². The maximum absolute atomic E-state index is 4.09. The van der Waals surface area contributed by atoms with E-state index in [2.05, 4.69) is 32.7 Å². The lowest BCUT2D eigenvalue weighted by atomic mass is 10.2. The number of nitrogens with zero attached hydrogens (tertiary/aromatic N) is 2. The normalized spacial score (nSPS) is 10.5. The lowest BCUT2D eigenvalue weighted by Crippen LogP contribution is -2.21. The summed E-state index contributed by atoms with van der Waals surface area (Å²) in [5.41, 5.74) is 2.46. The molecule has 4 nitrogen and oxygen atoms in total. The van der Waals surface area contributed by atoms with Gasteiger partial charge in [-0.05, 0) is 42.8 Å². The lowest BCUT2D eigenvalue weighted by Gasteiger charge is -2.06. The van der Waals surface area contributed by atoms with E-state index in [-0.39, 0.29) is 0 Å². The number of nitrogens with one attached hydrogen (secondary N) is 2. The Labute approximate surface area is 114 Å². The van der Waals surface area contributed by atoms with Gasteiger partial charge in [-0.1, -0.05) is 12.1 Å². The zero-order valence-corrected chi connectivity index (χ0v) is 11.0. The minimum atomic E-state index is 0.885. The van der Waals surface area contributed by atoms with Gasteiger partial charge in [-0.2, -0.15) is 0 Å². The highest BCUT2D eigenvalue weighted by Crippen LogP contribution is 1.95. The molecule has 0 fully saturated rings. The molecule has 0 spiro atoms. The molecule has 0 aliphatic carbocycles. The molecule has 2 aromatic rings. The Hall–Kier alpha value is -1.78. The van der Waals surface area contributed by atoms with Crippen LogP contribution in [-0.4, -0.2) is 23.1 Å². The van der Waals surface area contributed by atoms with Gasteiger partial charge in [0.25, 0.3) is 0 Å². The summed E-state index contributed by atoms with van der Waals surface area (Å²) in [5, 5.41) is 6.82. The zero-order chi connectivity index (χ0) is 13.2. The maximum Gasteiger partial charge on any atom is 0.0312 e. The van der Waals surface area contributed by atoms with Crippen molar-refractivity contribution in [3.63, 3.8) is 0 Å². The molecule has 4 heteroatoms. The van der Waals surface area contributed by atoms with Gasteiger partial charge < -0.3 is 10.6 Å². The van der Waals surface area contributed by atoms with Crippen molar-refractivity contribution in [1.29, 1.82) is 0 Å². The molecule has 19 heavy (non-hydrogen) atoms. The summed E-state index contributed by atoms with van der Waals surface area (Å²) in [6.45, 7) is 3.79. The van der Waals surface area contributed by atoms with E-state index in [1.165, 1.54) is 11.1 Å². The van der Waals surface area contributed by atoms with Gasteiger partial charge >= 0.3 is 0 Å². The summed E-state index contributed by atoms with van der Waals surface area (Å²) < 4.78 is 0. The number of pyridine rings is 2. The molecule has 0 atom stereocenters. The van der Waals surface area contributed by atoms with E-state index >= 15 is 0 Å². The van der Waals surface area contributed by atoms with E-state index in [9.17, 15) is 0 Å². The van der Waals surface area contributed by atoms with Gasteiger partial charge in [-0.3, -0.25) is 9.97 Å². The van der Waals surface area contributed by atoms with Crippen molar-refractivity contribution in [2.24, 2.45) is 0 Å². The molecular formula is C15H20N4. The molecule has 0 radical (unpaired) electrons. The van der Waals surface area contributed by atoms with Crippen LogP contribution in [0.25, 0.3) is 0 Å². The van der Waals surface area contributed by atoms with Crippen molar-refractivity contribution >= 4 is 0 Å². The third-order valence-corrected chi connectivity index (χ3v) is 2.81. The van der Waals surface area contributed by atoms with E-state index in [0.717, 1.165) is 32.6 Å². The number of hydrogen-bond donors (Lipinski definition) is 2. The average molecular weight is 256 g/mol. The van der Waals surface area contributed by atoms with Crippen LogP contribution < -0.4 is 10.6 Å². The second-order valence-corrected chi connectivity index (χ2v) is 4.43. The molecule has 100 valence electrons. The summed E-state index contributed by atoms with van der Waals surface area (Å²) >= 11 is 0. The third kappa shape index (κ3) is 5.59. The predicted octanol–water partition coefficient (Wildman–Crippen LogP) is 1.75. The first kappa shape index (κ1) is 13.6. The van der Waals surface area contributed by atoms with Gasteiger partial charge in [-0.15, -0.1) is 0 Å². The molecule has 0 unspecified atom stereocenters. The summed E-state index contributed by atoms with van der Waals surface area (Å²) in [4.78, 5) is 8.18. The Morgan fingerprint density at radius 3 is 1.74 bits per heavy atom. The first-order valence-electron chi connectivity index (χ1n) is 6.64. The number of rotatable bonds is 8. The van der Waals surface area contributed by atoms with Crippen LogP contribution in [0.15, 0.2) is 49.1 Å². The smallest absolute Gasteiger partial charge is 0.0312 e. The second kappa shape index (κ2) is 8.34. The van der Waals surface area contributed by atoms with Crippen LogP contribution in [0.4, 0.5) is 0 Å². The molecule has 0 aromatic carbocycles. The molecule has 0 saturated heterocycles. The Balaban J connectivity index is 1.49. The van der Waals surface area contributed by atoms with Crippen molar-refractivity contribution in [2.45, 2.75) is 19.5 Å². The minimum absolute atomic E-state index is 0.885. The summed E-state index contributed by atoms with van der Waals surface area (Å²) in [7, 11) is 0. The Morgan fingerprint density at radius 2 is 1.32 bits per heavy atom. The quantitative estimate of drug-likeness (QED) is 0.706. The highest BCUT2D eigenvalue weighted by atomic mass is 14.9. The molecule has 2 aromatic heterocycles. The van der Waals surface area contributed by atoms with Gasteiger partial charge in [0.1, 0.15) is 0 Å². The average Bonchev–Trinajstić information content (AvgIpc) is 2.48. The summed E-state index contributed by atoms with van der Waals surface area (Å²) in [6, 6.07) is 8.10. The van der Waals surface area contributed by atoms with Crippen LogP contribution in [0.3, 0.4) is 0 Å². The Morgan fingerprint density at radius 1 is 0.789 bits per heavy atom. The molecule has 0 bridgehead atoms. The van der Waals surface area contributed by atoms with Crippen molar-refractivity contribution in [2.75, 3.05) is 13.1 Å². The molecule has 0 aliphatic heterocycles.